The van der Waals surface area contributed by atoms with Crippen LogP contribution in [0.3, 0.4) is 0 Å². The van der Waals surface area contributed by atoms with E-state index in [2.05, 4.69) is 16.3 Å². The van der Waals surface area contributed by atoms with Crippen LogP contribution < -0.4 is 0 Å². The molecule has 0 bridgehead atoms. The lowest BCUT2D eigenvalue weighted by Crippen LogP contribution is -2.00. The van der Waals surface area contributed by atoms with Crippen LogP contribution in [0.4, 0.5) is 4.39 Å². The molecule has 0 fully saturated rings. The average molecular weight is 386 g/mol. The fourth-order valence-corrected chi connectivity index (χ4v) is 3.76. The van der Waals surface area contributed by atoms with E-state index >= 15 is 0 Å². The van der Waals surface area contributed by atoms with E-state index in [9.17, 15) is 4.39 Å². The third-order valence-electron chi connectivity index (χ3n) is 4.15. The molecule has 0 N–H and O–H groups in total. The summed E-state index contributed by atoms with van der Waals surface area (Å²) in [4.78, 5) is 0. The maximum Gasteiger partial charge on any atom is 0.196 e. The smallest absolute Gasteiger partial charge is 0.196 e. The summed E-state index contributed by atoms with van der Waals surface area (Å²) < 4.78 is 15.7. The van der Waals surface area contributed by atoms with Gasteiger partial charge in [0.25, 0.3) is 0 Å². The molecule has 136 valence electrons. The van der Waals surface area contributed by atoms with Crippen molar-refractivity contribution in [1.82, 2.24) is 14.8 Å². The van der Waals surface area contributed by atoms with Crippen LogP contribution in [0.25, 0.3) is 17.1 Å². The molecule has 0 unspecified atom stereocenters. The van der Waals surface area contributed by atoms with Gasteiger partial charge in [-0.05, 0) is 42.0 Å². The number of nitriles is 1. The Labute approximate surface area is 166 Å². The molecule has 4 nitrogen and oxygen atoms in total. The van der Waals surface area contributed by atoms with E-state index in [4.69, 9.17) is 5.26 Å². The van der Waals surface area contributed by atoms with E-state index in [1.54, 1.807) is 12.1 Å². The summed E-state index contributed by atoms with van der Waals surface area (Å²) in [6, 6.07) is 25.7. The first-order valence-electron chi connectivity index (χ1n) is 8.63. The van der Waals surface area contributed by atoms with E-state index in [1.165, 1.54) is 23.9 Å². The molecule has 0 aliphatic carbocycles. The zero-order valence-corrected chi connectivity index (χ0v) is 15.6. The van der Waals surface area contributed by atoms with E-state index in [1.807, 2.05) is 59.2 Å². The van der Waals surface area contributed by atoms with Gasteiger partial charge in [-0.3, -0.25) is 4.57 Å². The van der Waals surface area contributed by atoms with Crippen molar-refractivity contribution < 1.29 is 4.39 Å². The van der Waals surface area contributed by atoms with Gasteiger partial charge in [0.15, 0.2) is 11.0 Å². The lowest BCUT2D eigenvalue weighted by molar-refractivity contribution is 0.628. The van der Waals surface area contributed by atoms with Crippen LogP contribution >= 0.6 is 11.8 Å². The maximum absolute atomic E-state index is 13.7. The number of hydrogen-bond donors (Lipinski definition) is 0. The predicted octanol–water partition coefficient (Wildman–Crippen LogP) is 5.24. The summed E-state index contributed by atoms with van der Waals surface area (Å²) in [5.74, 6) is 0.908. The number of thioether (sulfide) groups is 1. The fourth-order valence-electron chi connectivity index (χ4n) is 2.87. The first-order chi connectivity index (χ1) is 13.7. The third kappa shape index (κ3) is 3.80. The molecule has 0 aliphatic heterocycles. The molecule has 0 aliphatic rings. The summed E-state index contributed by atoms with van der Waals surface area (Å²) in [6.07, 6.45) is 0. The van der Waals surface area contributed by atoms with Crippen LogP contribution in [0, 0.1) is 17.1 Å². The molecule has 0 saturated carbocycles. The van der Waals surface area contributed by atoms with Crippen LogP contribution in [-0.2, 0) is 5.75 Å². The van der Waals surface area contributed by atoms with Crippen LogP contribution in [0.2, 0.25) is 0 Å². The standard InChI is InChI=1S/C22H15FN4S/c23-19-9-5-8-18(13-19)21-25-26-22(27(21)20-10-2-1-3-11-20)28-15-17-7-4-6-16(12-17)14-24/h1-13H,15H2. The van der Waals surface area contributed by atoms with Crippen LogP contribution in [0.5, 0.6) is 0 Å². The lowest BCUT2D eigenvalue weighted by Gasteiger charge is -2.10. The van der Waals surface area contributed by atoms with Gasteiger partial charge in [0.05, 0.1) is 11.6 Å². The maximum atomic E-state index is 13.7. The molecule has 3 aromatic carbocycles. The molecule has 4 aromatic rings. The van der Waals surface area contributed by atoms with Crippen LogP contribution in [0.15, 0.2) is 84.0 Å². The Morgan fingerprint density at radius 1 is 0.929 bits per heavy atom. The van der Waals surface area contributed by atoms with Crippen molar-refractivity contribution in [2.75, 3.05) is 0 Å². The van der Waals surface area contributed by atoms with Crippen LogP contribution in [-0.4, -0.2) is 14.8 Å². The van der Waals surface area contributed by atoms with Crippen molar-refractivity contribution in [2.24, 2.45) is 0 Å². The van der Waals surface area contributed by atoms with E-state index in [0.29, 0.717) is 27.9 Å². The van der Waals surface area contributed by atoms with Gasteiger partial charge in [-0.2, -0.15) is 5.26 Å². The highest BCUT2D eigenvalue weighted by Gasteiger charge is 2.16. The number of aromatic nitrogens is 3. The highest BCUT2D eigenvalue weighted by Crippen LogP contribution is 2.30. The molecule has 0 radical (unpaired) electrons. The van der Waals surface area contributed by atoms with Gasteiger partial charge in [0, 0.05) is 17.0 Å². The first-order valence-corrected chi connectivity index (χ1v) is 9.62. The minimum atomic E-state index is -0.317. The Morgan fingerprint density at radius 3 is 2.54 bits per heavy atom. The van der Waals surface area contributed by atoms with E-state index < -0.39 is 0 Å². The monoisotopic (exact) mass is 386 g/mol. The summed E-state index contributed by atoms with van der Waals surface area (Å²) >= 11 is 1.52. The topological polar surface area (TPSA) is 54.5 Å². The second kappa shape index (κ2) is 8.07. The molecule has 28 heavy (non-hydrogen) atoms. The minimum absolute atomic E-state index is 0.317. The molecular formula is C22H15FN4S. The zero-order chi connectivity index (χ0) is 19.3. The summed E-state index contributed by atoms with van der Waals surface area (Å²) in [6.45, 7) is 0. The van der Waals surface area contributed by atoms with Gasteiger partial charge in [-0.25, -0.2) is 4.39 Å². The molecular weight excluding hydrogens is 371 g/mol. The Hall–Kier alpha value is -3.43. The van der Waals surface area contributed by atoms with Gasteiger partial charge < -0.3 is 0 Å². The van der Waals surface area contributed by atoms with Gasteiger partial charge in [0.1, 0.15) is 5.82 Å². The summed E-state index contributed by atoms with van der Waals surface area (Å²) in [5, 5.41) is 18.4. The van der Waals surface area contributed by atoms with Crippen molar-refractivity contribution in [3.05, 3.63) is 95.8 Å². The van der Waals surface area contributed by atoms with Crippen molar-refractivity contribution in [2.45, 2.75) is 10.9 Å². The largest absolute Gasteiger partial charge is 0.270 e. The third-order valence-corrected chi connectivity index (χ3v) is 5.15. The summed E-state index contributed by atoms with van der Waals surface area (Å²) in [5.41, 5.74) is 3.22. The molecule has 1 heterocycles. The molecule has 0 saturated heterocycles. The number of halogens is 1. The highest BCUT2D eigenvalue weighted by atomic mass is 32.2. The van der Waals surface area contributed by atoms with E-state index in [-0.39, 0.29) is 5.82 Å². The molecule has 1 aromatic heterocycles. The number of para-hydroxylation sites is 1. The second-order valence-electron chi connectivity index (χ2n) is 6.09. The van der Waals surface area contributed by atoms with Gasteiger partial charge in [0.2, 0.25) is 0 Å². The Bertz CT molecular complexity index is 1150. The molecule has 4 rings (SSSR count). The Balaban J connectivity index is 1.72. The Morgan fingerprint density at radius 2 is 1.75 bits per heavy atom. The highest BCUT2D eigenvalue weighted by molar-refractivity contribution is 7.98. The Kier molecular flexibility index (Phi) is 5.18. The fraction of sp³-hybridized carbons (Fsp3) is 0.0455. The minimum Gasteiger partial charge on any atom is -0.270 e. The van der Waals surface area contributed by atoms with Gasteiger partial charge >= 0.3 is 0 Å². The van der Waals surface area contributed by atoms with Crippen molar-refractivity contribution in [1.29, 1.82) is 5.26 Å². The normalized spacial score (nSPS) is 10.6. The average Bonchev–Trinajstić information content (AvgIpc) is 3.17. The van der Waals surface area contributed by atoms with Gasteiger partial charge in [-0.15, -0.1) is 10.2 Å². The van der Waals surface area contributed by atoms with Gasteiger partial charge in [-0.1, -0.05) is 54.2 Å². The van der Waals surface area contributed by atoms with Crippen molar-refractivity contribution in [3.63, 3.8) is 0 Å². The summed E-state index contributed by atoms with van der Waals surface area (Å²) in [7, 11) is 0. The van der Waals surface area contributed by atoms with E-state index in [0.717, 1.165) is 11.3 Å². The second-order valence-corrected chi connectivity index (χ2v) is 7.03. The van der Waals surface area contributed by atoms with Crippen molar-refractivity contribution >= 4 is 11.8 Å². The van der Waals surface area contributed by atoms with Crippen molar-refractivity contribution in [3.8, 4) is 23.1 Å². The molecule has 0 atom stereocenters. The number of rotatable bonds is 5. The zero-order valence-electron chi connectivity index (χ0n) is 14.8. The quantitative estimate of drug-likeness (QED) is 0.440. The molecule has 0 spiro atoms. The predicted molar refractivity (Wildman–Crippen MR) is 107 cm³/mol. The lowest BCUT2D eigenvalue weighted by atomic mass is 10.2. The number of benzene rings is 3. The molecule has 6 heteroatoms. The number of hydrogen-bond acceptors (Lipinski definition) is 4. The van der Waals surface area contributed by atoms with Crippen LogP contribution in [0.1, 0.15) is 11.1 Å². The SMILES string of the molecule is N#Cc1cccc(CSc2nnc(-c3cccc(F)c3)n2-c2ccccc2)c1. The molecule has 0 amide bonds. The first kappa shape index (κ1) is 18.0. The number of nitrogens with zero attached hydrogens (tertiary/aromatic N) is 4.